The number of hydrogen-bond donors (Lipinski definition) is 0. The molecule has 1 unspecified atom stereocenters. The zero-order chi connectivity index (χ0) is 15.8. The van der Waals surface area contributed by atoms with E-state index < -0.39 is 9.84 Å². The van der Waals surface area contributed by atoms with Gasteiger partial charge >= 0.3 is 0 Å². The Labute approximate surface area is 135 Å². The monoisotopic (exact) mass is 366 g/mol. The molecule has 0 aliphatic carbocycles. The lowest BCUT2D eigenvalue weighted by molar-refractivity contribution is 0.602. The van der Waals surface area contributed by atoms with Crippen LogP contribution in [0.2, 0.25) is 0 Å². The molecule has 0 saturated heterocycles. The first kappa shape index (κ1) is 16.2. The third kappa shape index (κ3) is 3.55. The summed E-state index contributed by atoms with van der Waals surface area (Å²) in [5.74, 6) is 0. The van der Waals surface area contributed by atoms with E-state index in [9.17, 15) is 8.42 Å². The van der Waals surface area contributed by atoms with Crippen molar-refractivity contribution in [2.24, 2.45) is 0 Å². The van der Waals surface area contributed by atoms with E-state index in [1.165, 1.54) is 28.5 Å². The molecule has 0 aliphatic rings. The molecule has 2 nitrogen and oxygen atoms in total. The third-order valence-corrected chi connectivity index (χ3v) is 5.67. The molecule has 0 fully saturated rings. The number of rotatable bonds is 3. The predicted octanol–water partition coefficient (Wildman–Crippen LogP) is 4.50. The maximum absolute atomic E-state index is 11.7. The minimum Gasteiger partial charge on any atom is -0.224 e. The van der Waals surface area contributed by atoms with E-state index in [0.717, 1.165) is 5.56 Å². The van der Waals surface area contributed by atoms with Gasteiger partial charge in [-0.25, -0.2) is 8.42 Å². The van der Waals surface area contributed by atoms with E-state index in [1.807, 2.05) is 6.07 Å². The number of aryl methyl sites for hydroxylation is 3. The van der Waals surface area contributed by atoms with Gasteiger partial charge in [-0.05, 0) is 55.2 Å². The van der Waals surface area contributed by atoms with Gasteiger partial charge in [0.1, 0.15) is 0 Å². The predicted molar refractivity (Wildman–Crippen MR) is 91.0 cm³/mol. The van der Waals surface area contributed by atoms with Crippen molar-refractivity contribution in [1.82, 2.24) is 0 Å². The number of benzene rings is 2. The quantitative estimate of drug-likeness (QED) is 0.749. The first-order valence-corrected chi connectivity index (χ1v) is 9.52. The fraction of sp³-hybridized carbons (Fsp3) is 0.294. The molecule has 2 aromatic rings. The van der Waals surface area contributed by atoms with Crippen LogP contribution in [0.5, 0.6) is 0 Å². The van der Waals surface area contributed by atoms with Crippen LogP contribution in [0.4, 0.5) is 0 Å². The lowest BCUT2D eigenvalue weighted by atomic mass is 9.94. The van der Waals surface area contributed by atoms with Gasteiger partial charge < -0.3 is 0 Å². The Morgan fingerprint density at radius 1 is 1.00 bits per heavy atom. The van der Waals surface area contributed by atoms with Gasteiger partial charge in [-0.2, -0.15) is 0 Å². The molecule has 2 aromatic carbocycles. The highest BCUT2D eigenvalue weighted by atomic mass is 79.9. The van der Waals surface area contributed by atoms with Gasteiger partial charge in [0.2, 0.25) is 0 Å². The molecule has 0 N–H and O–H groups in total. The molecule has 21 heavy (non-hydrogen) atoms. The van der Waals surface area contributed by atoms with Gasteiger partial charge in [-0.1, -0.05) is 45.8 Å². The largest absolute Gasteiger partial charge is 0.224 e. The van der Waals surface area contributed by atoms with Crippen molar-refractivity contribution in [2.75, 3.05) is 6.26 Å². The number of halogens is 1. The zero-order valence-corrected chi connectivity index (χ0v) is 15.0. The molecule has 2 rings (SSSR count). The smallest absolute Gasteiger partial charge is 0.175 e. The summed E-state index contributed by atoms with van der Waals surface area (Å²) in [5, 5.41) is 0. The average Bonchev–Trinajstić information content (AvgIpc) is 2.36. The van der Waals surface area contributed by atoms with Crippen LogP contribution in [0.1, 0.15) is 32.6 Å². The van der Waals surface area contributed by atoms with Crippen LogP contribution < -0.4 is 0 Å². The minimum atomic E-state index is -3.19. The summed E-state index contributed by atoms with van der Waals surface area (Å²) in [4.78, 5) is 0.340. The molecule has 0 aromatic heterocycles. The van der Waals surface area contributed by atoms with Crippen molar-refractivity contribution in [3.8, 4) is 0 Å². The standard InChI is InChI=1S/C17H19BrO2S/c1-11-8-12(2)16(13(3)9-11)17(18)14-6-5-7-15(10-14)21(4,19)20/h5-10,17H,1-4H3. The van der Waals surface area contributed by atoms with Gasteiger partial charge in [-0.3, -0.25) is 0 Å². The van der Waals surface area contributed by atoms with Crippen molar-refractivity contribution >= 4 is 25.8 Å². The van der Waals surface area contributed by atoms with Crippen molar-refractivity contribution in [1.29, 1.82) is 0 Å². The summed E-state index contributed by atoms with van der Waals surface area (Å²) >= 11 is 3.73. The van der Waals surface area contributed by atoms with Crippen molar-refractivity contribution in [3.63, 3.8) is 0 Å². The van der Waals surface area contributed by atoms with E-state index in [1.54, 1.807) is 18.2 Å². The Balaban J connectivity index is 2.53. The SMILES string of the molecule is Cc1cc(C)c(C(Br)c2cccc(S(C)(=O)=O)c2)c(C)c1. The van der Waals surface area contributed by atoms with Gasteiger partial charge in [0, 0.05) is 6.26 Å². The van der Waals surface area contributed by atoms with Crippen molar-refractivity contribution in [3.05, 3.63) is 64.2 Å². The Morgan fingerprint density at radius 2 is 1.57 bits per heavy atom. The van der Waals surface area contributed by atoms with Gasteiger partial charge in [0.05, 0.1) is 9.72 Å². The molecule has 0 bridgehead atoms. The Bertz CT molecular complexity index is 756. The summed E-state index contributed by atoms with van der Waals surface area (Å²) < 4.78 is 23.4. The molecule has 4 heteroatoms. The summed E-state index contributed by atoms with van der Waals surface area (Å²) in [6.45, 7) is 6.26. The normalized spacial score (nSPS) is 13.2. The molecular formula is C17H19BrO2S. The molecule has 0 heterocycles. The summed E-state index contributed by atoms with van der Waals surface area (Å²) in [6, 6.07) is 11.4. The summed E-state index contributed by atoms with van der Waals surface area (Å²) in [6.07, 6.45) is 1.23. The molecule has 112 valence electrons. The van der Waals surface area contributed by atoms with Gasteiger partial charge in [0.25, 0.3) is 0 Å². The molecule has 0 spiro atoms. The van der Waals surface area contributed by atoms with Gasteiger partial charge in [-0.15, -0.1) is 0 Å². The maximum atomic E-state index is 11.7. The second-order valence-electron chi connectivity index (χ2n) is 5.52. The summed E-state index contributed by atoms with van der Waals surface area (Å²) in [7, 11) is -3.19. The zero-order valence-electron chi connectivity index (χ0n) is 12.6. The van der Waals surface area contributed by atoms with Crippen LogP contribution in [-0.4, -0.2) is 14.7 Å². The van der Waals surface area contributed by atoms with Crippen LogP contribution in [0.3, 0.4) is 0 Å². The van der Waals surface area contributed by atoms with Crippen LogP contribution in [0.15, 0.2) is 41.3 Å². The second-order valence-corrected chi connectivity index (χ2v) is 8.45. The summed E-state index contributed by atoms with van der Waals surface area (Å²) in [5.41, 5.74) is 5.80. The number of sulfone groups is 1. The topological polar surface area (TPSA) is 34.1 Å². The molecule has 0 saturated carbocycles. The first-order valence-electron chi connectivity index (χ1n) is 6.72. The highest BCUT2D eigenvalue weighted by Crippen LogP contribution is 2.36. The van der Waals surface area contributed by atoms with Crippen LogP contribution in [0, 0.1) is 20.8 Å². The van der Waals surface area contributed by atoms with E-state index >= 15 is 0 Å². The molecule has 1 atom stereocenters. The fourth-order valence-electron chi connectivity index (χ4n) is 2.66. The van der Waals surface area contributed by atoms with Crippen LogP contribution >= 0.6 is 15.9 Å². The maximum Gasteiger partial charge on any atom is 0.175 e. The Kier molecular flexibility index (Phi) is 4.59. The lowest BCUT2D eigenvalue weighted by Crippen LogP contribution is -2.02. The van der Waals surface area contributed by atoms with E-state index in [0.29, 0.717) is 4.90 Å². The molecule has 0 aliphatic heterocycles. The van der Waals surface area contributed by atoms with E-state index in [4.69, 9.17) is 0 Å². The highest BCUT2D eigenvalue weighted by Gasteiger charge is 2.17. The molecule has 0 amide bonds. The third-order valence-electron chi connectivity index (χ3n) is 3.57. The molecular weight excluding hydrogens is 348 g/mol. The average molecular weight is 367 g/mol. The first-order chi connectivity index (χ1) is 9.70. The van der Waals surface area contributed by atoms with Crippen LogP contribution in [-0.2, 0) is 9.84 Å². The van der Waals surface area contributed by atoms with E-state index in [-0.39, 0.29) is 4.83 Å². The number of alkyl halides is 1. The second kappa shape index (κ2) is 5.93. The Hall–Kier alpha value is -1.13. The van der Waals surface area contributed by atoms with Gasteiger partial charge in [0.15, 0.2) is 9.84 Å². The fourth-order valence-corrected chi connectivity index (χ4v) is 4.34. The lowest BCUT2D eigenvalue weighted by Gasteiger charge is -2.18. The molecule has 0 radical (unpaired) electrons. The minimum absolute atomic E-state index is 0.0141. The number of hydrogen-bond acceptors (Lipinski definition) is 2. The van der Waals surface area contributed by atoms with Crippen LogP contribution in [0.25, 0.3) is 0 Å². The highest BCUT2D eigenvalue weighted by molar-refractivity contribution is 9.09. The van der Waals surface area contributed by atoms with Crippen molar-refractivity contribution < 1.29 is 8.42 Å². The Morgan fingerprint density at radius 3 is 2.10 bits per heavy atom. The van der Waals surface area contributed by atoms with Crippen molar-refractivity contribution in [2.45, 2.75) is 30.5 Å². The van der Waals surface area contributed by atoms with E-state index in [2.05, 4.69) is 48.8 Å².